The van der Waals surface area contributed by atoms with E-state index in [1.165, 1.54) is 18.8 Å². The number of carbonyl (C=O) groups is 6. The highest BCUT2D eigenvalue weighted by molar-refractivity contribution is 7.91. The number of nitrogens with zero attached hydrogens (tertiary/aromatic N) is 13. The fourth-order valence-corrected chi connectivity index (χ4v) is 21.5. The van der Waals surface area contributed by atoms with Crippen molar-refractivity contribution in [3.05, 3.63) is 134 Å². The number of likely N-dealkylation sites (N-methyl/N-ethyl adjacent to an activating group) is 1. The van der Waals surface area contributed by atoms with Crippen molar-refractivity contribution in [2.45, 2.75) is 231 Å². The van der Waals surface area contributed by atoms with Crippen molar-refractivity contribution in [2.24, 2.45) is 41.2 Å². The van der Waals surface area contributed by atoms with Crippen LogP contribution in [-0.4, -0.2) is 275 Å². The monoisotopic (exact) mass is 1960 g/mol. The van der Waals surface area contributed by atoms with E-state index < -0.39 is 35.6 Å². The molecule has 16 rings (SSSR count). The lowest BCUT2D eigenvalue weighted by Gasteiger charge is -2.36. The normalized spacial score (nSPS) is 21.0. The topological polar surface area (TPSA) is 415 Å². The molecule has 4 aliphatic heterocycles. The molecule has 9 aromatic rings. The number of hydrogen-bond donors (Lipinski definition) is 3. The summed E-state index contributed by atoms with van der Waals surface area (Å²) in [6.45, 7) is 13.4. The van der Waals surface area contributed by atoms with E-state index in [4.69, 9.17) is 49.1 Å². The minimum absolute atomic E-state index is 0.0144. The quantitative estimate of drug-likeness (QED) is 0.0189. The highest BCUT2D eigenvalue weighted by Crippen LogP contribution is 2.38. The Morgan fingerprint density at radius 1 is 0.435 bits per heavy atom. The molecule has 0 radical (unpaired) electrons. The number of nitrogens with one attached hydrogen (secondary N) is 2. The van der Waals surface area contributed by atoms with Crippen LogP contribution in [0.2, 0.25) is 0 Å². The van der Waals surface area contributed by atoms with Crippen LogP contribution >= 0.6 is 0 Å². The zero-order valence-electron chi connectivity index (χ0n) is 81.0. The average Bonchev–Trinajstić information content (AvgIpc) is 1.65. The van der Waals surface area contributed by atoms with Crippen LogP contribution in [0.3, 0.4) is 0 Å². The van der Waals surface area contributed by atoms with Gasteiger partial charge in [-0.2, -0.15) is 9.97 Å². The van der Waals surface area contributed by atoms with Gasteiger partial charge in [0.05, 0.1) is 59.5 Å². The second kappa shape index (κ2) is 47.8. The number of nitrogens with two attached hydrogens (primary N) is 1. The number of fused-ring (bicyclic) bond motifs is 3. The number of amides is 3. The first-order chi connectivity index (χ1) is 66.2. The maximum Gasteiger partial charge on any atom is 0.323 e. The first-order valence-corrected chi connectivity index (χ1v) is 55.6. The number of piperidine rings is 3. The molecule has 748 valence electrons. The molecule has 3 aliphatic carbocycles. The molecular weight excluding hydrogens is 1820 g/mol. The predicted octanol–water partition coefficient (Wildman–Crippen LogP) is 12.7. The van der Waals surface area contributed by atoms with Gasteiger partial charge in [0.15, 0.2) is 0 Å². The van der Waals surface area contributed by atoms with Gasteiger partial charge in [-0.05, 0) is 214 Å². The lowest BCUT2D eigenvalue weighted by molar-refractivity contribution is -0.158. The smallest absolute Gasteiger partial charge is 0.323 e. The molecule has 3 amide bonds. The molecule has 4 N–H and O–H groups in total. The molecule has 0 unspecified atom stereocenters. The number of sulfone groups is 3. The standard InChI is InChI=1S/C34H46N6O6S.C34H47N5O6S.C33H45N5O6S/c1-38-18-4-7-29(38)33(42)46-26-14-19-39(20-15-26)32(41)24-9-11-25(12-10-24)36-34-35-17-13-31(37-34)40-21-16-27-28(40)6-3-8-30(27)45-22-5-23-47(2,43)44;1-23(2)32(35)34(41)45-26-13-17-38(18-14-26)33(40)25-10-8-24(9-11-25)22-30-36-16-12-31(37-30)39-19-15-27-28(39)6-4-7-29(27)44-20-5-21-46(3,42)43;1-4-23(2)32(40)44-26-14-18-37(19-15-26)31(39)24-9-11-25(12-10-24)35-33-34-17-13-30(36-33)38-20-16-27-28(38)7-5-8-29(27)43-21-6-22-45(3,41)42/h3,6,8,13,16-17,21,24-26,29H,4-5,7,9-12,14-15,18-20,22-23H2,1-2H3,(H,35,36,37);4,6-7,12,15-16,19,23-26,32H,5,8-11,13-14,17-18,20-22,35H2,1-3H3;5,7-8,13,16-17,20,23-26H,4,6,9-12,14-15,18-19,21-22H2,1-3H3,(H,34,35,36)/t24?,25?,29-;24?,25?,32-;23-,24?,25?/m101/s1. The summed E-state index contributed by atoms with van der Waals surface area (Å²) in [5.74, 6) is 6.99. The van der Waals surface area contributed by atoms with Crippen molar-refractivity contribution in [3.63, 3.8) is 0 Å². The number of carbonyl (C=O) groups excluding carboxylic acids is 6. The zero-order valence-corrected chi connectivity index (χ0v) is 83.4. The lowest BCUT2D eigenvalue weighted by Crippen LogP contribution is -2.46. The Balaban J connectivity index is 0.000000165. The number of aromatic nitrogens is 9. The summed E-state index contributed by atoms with van der Waals surface area (Å²) in [6.07, 6.45) is 33.6. The van der Waals surface area contributed by atoms with E-state index in [1.807, 2.05) is 173 Å². The molecule has 34 nitrogen and oxygen atoms in total. The lowest BCUT2D eigenvalue weighted by atomic mass is 9.79. The number of anilines is 2. The Bertz CT molecular complexity index is 5990. The van der Waals surface area contributed by atoms with Gasteiger partial charge < -0.3 is 73.2 Å². The maximum absolute atomic E-state index is 13.4. The van der Waals surface area contributed by atoms with E-state index >= 15 is 0 Å². The Morgan fingerprint density at radius 3 is 1.16 bits per heavy atom. The van der Waals surface area contributed by atoms with E-state index in [1.54, 1.807) is 18.6 Å². The van der Waals surface area contributed by atoms with Gasteiger partial charge in [-0.25, -0.2) is 45.2 Å². The molecule has 138 heavy (non-hydrogen) atoms. The number of esters is 3. The third kappa shape index (κ3) is 28.5. The minimum Gasteiger partial charge on any atom is -0.493 e. The minimum atomic E-state index is -3.02. The summed E-state index contributed by atoms with van der Waals surface area (Å²) in [5, 5.41) is 9.75. The number of benzene rings is 3. The number of hydrogen-bond acceptors (Lipinski definition) is 28. The second-order valence-corrected chi connectivity index (χ2v) is 45.6. The summed E-state index contributed by atoms with van der Waals surface area (Å²) in [6, 6.07) is 28.6. The first kappa shape index (κ1) is 103. The van der Waals surface area contributed by atoms with Crippen molar-refractivity contribution < 1.29 is 82.4 Å². The van der Waals surface area contributed by atoms with Gasteiger partial charge in [0.1, 0.15) is 100 Å². The molecule has 0 spiro atoms. The van der Waals surface area contributed by atoms with Crippen molar-refractivity contribution in [2.75, 3.05) is 119 Å². The Kier molecular flexibility index (Phi) is 35.7. The molecule has 6 aromatic heterocycles. The Labute approximate surface area is 810 Å². The molecule has 7 fully saturated rings. The summed E-state index contributed by atoms with van der Waals surface area (Å²) in [4.78, 5) is 113. The number of ether oxygens (including phenoxy) is 6. The molecule has 10 heterocycles. The molecule has 0 bridgehead atoms. The Hall–Kier alpha value is -10.9. The van der Waals surface area contributed by atoms with Gasteiger partial charge in [0.2, 0.25) is 29.6 Å². The molecule has 3 aromatic carbocycles. The van der Waals surface area contributed by atoms with Crippen LogP contribution < -0.4 is 30.6 Å². The number of likely N-dealkylation sites (tertiary alicyclic amines) is 4. The van der Waals surface area contributed by atoms with Gasteiger partial charge in [0, 0.05) is 186 Å². The molecule has 4 saturated heterocycles. The van der Waals surface area contributed by atoms with E-state index in [9.17, 15) is 54.0 Å². The van der Waals surface area contributed by atoms with Crippen molar-refractivity contribution in [3.8, 4) is 34.7 Å². The Morgan fingerprint density at radius 2 is 0.797 bits per heavy atom. The molecule has 37 heteroatoms. The average molecular weight is 1960 g/mol. The summed E-state index contributed by atoms with van der Waals surface area (Å²) in [7, 11) is -7.09. The van der Waals surface area contributed by atoms with Crippen LogP contribution in [0.15, 0.2) is 128 Å². The van der Waals surface area contributed by atoms with Crippen LogP contribution in [0.5, 0.6) is 17.2 Å². The third-order valence-electron chi connectivity index (χ3n) is 27.9. The van der Waals surface area contributed by atoms with Gasteiger partial charge in [-0.1, -0.05) is 45.9 Å². The SMILES string of the molecule is CC(C)[C@H](N)C(=O)OC1CCN(C(=O)C2CCC(Cc3nccc(-n4ccc5c(OCCCS(C)(=O)=O)cccc54)n3)CC2)CC1.CC[C@@H](C)C(=O)OC1CCN(C(=O)C2CCC(Nc3nccc(-n4ccc5c(OCCCS(C)(=O)=O)cccc54)n3)CC2)CC1.CN1CCC[C@@H]1C(=O)OC1CCN(C(=O)C2CCC(Nc3nccc(-n4ccc5c(OCCCS(C)(=O)=O)cccc54)n3)CC2)CC1. The molecule has 3 atom stereocenters. The maximum atomic E-state index is 13.4. The van der Waals surface area contributed by atoms with Crippen molar-refractivity contribution in [1.29, 1.82) is 0 Å². The van der Waals surface area contributed by atoms with Gasteiger partial charge in [-0.3, -0.25) is 33.7 Å². The van der Waals surface area contributed by atoms with Crippen LogP contribution in [0, 0.1) is 35.5 Å². The van der Waals surface area contributed by atoms with Gasteiger partial charge in [-0.15, -0.1) is 0 Å². The highest BCUT2D eigenvalue weighted by Gasteiger charge is 2.39. The van der Waals surface area contributed by atoms with Crippen LogP contribution in [0.4, 0.5) is 11.9 Å². The fourth-order valence-electron chi connectivity index (χ4n) is 19.6. The highest BCUT2D eigenvalue weighted by atomic mass is 32.2. The van der Waals surface area contributed by atoms with Gasteiger partial charge >= 0.3 is 17.9 Å². The fraction of sp³-hybridized carbons (Fsp3) is 0.584. The van der Waals surface area contributed by atoms with E-state index in [-0.39, 0.29) is 119 Å². The predicted molar refractivity (Wildman–Crippen MR) is 529 cm³/mol. The van der Waals surface area contributed by atoms with Gasteiger partial charge in [0.25, 0.3) is 0 Å². The van der Waals surface area contributed by atoms with Crippen LogP contribution in [0.1, 0.15) is 188 Å². The summed E-state index contributed by atoms with van der Waals surface area (Å²) >= 11 is 0. The molecule has 3 saturated carbocycles. The first-order valence-electron chi connectivity index (χ1n) is 49.4. The molecular formula is C101H138N16O18S3. The van der Waals surface area contributed by atoms with Crippen LogP contribution in [-0.2, 0) is 78.9 Å². The van der Waals surface area contributed by atoms with Crippen LogP contribution in [0.25, 0.3) is 50.2 Å². The van der Waals surface area contributed by atoms with Crippen molar-refractivity contribution >= 4 is 110 Å². The van der Waals surface area contributed by atoms with Crippen molar-refractivity contribution in [1.82, 2.24) is 63.2 Å². The van der Waals surface area contributed by atoms with E-state index in [2.05, 4.69) is 30.5 Å². The zero-order chi connectivity index (χ0) is 97.8. The van der Waals surface area contributed by atoms with E-state index in [0.29, 0.717) is 152 Å². The summed E-state index contributed by atoms with van der Waals surface area (Å²) < 4.78 is 109. The van der Waals surface area contributed by atoms with E-state index in [0.717, 1.165) is 165 Å². The second-order valence-electron chi connectivity index (χ2n) is 38.8. The summed E-state index contributed by atoms with van der Waals surface area (Å²) in [5.41, 5.74) is 8.73. The number of rotatable bonds is 35. The largest absolute Gasteiger partial charge is 0.493 e. The third-order valence-corrected chi connectivity index (χ3v) is 31.0. The molecule has 7 aliphatic rings.